The first kappa shape index (κ1) is 21.0. The van der Waals surface area contributed by atoms with Gasteiger partial charge in [0.2, 0.25) is 5.95 Å². The maximum Gasteiger partial charge on any atom is 0.211 e. The van der Waals surface area contributed by atoms with Crippen molar-refractivity contribution in [2.24, 2.45) is 5.73 Å². The van der Waals surface area contributed by atoms with Gasteiger partial charge >= 0.3 is 0 Å². The quantitative estimate of drug-likeness (QED) is 0.437. The highest BCUT2D eigenvalue weighted by molar-refractivity contribution is 5.96. The zero-order valence-corrected chi connectivity index (χ0v) is 18.8. The molecule has 0 spiro atoms. The van der Waals surface area contributed by atoms with Gasteiger partial charge in [0, 0.05) is 29.7 Å². The fourth-order valence-electron chi connectivity index (χ4n) is 4.64. The van der Waals surface area contributed by atoms with Crippen LogP contribution in [0.4, 0.5) is 11.6 Å². The number of hydrogen-bond donors (Lipinski definition) is 2. The molecule has 0 bridgehead atoms. The van der Waals surface area contributed by atoms with E-state index < -0.39 is 6.17 Å². The van der Waals surface area contributed by atoms with Crippen LogP contribution in [-0.2, 0) is 0 Å². The highest BCUT2D eigenvalue weighted by atomic mass is 15.3. The molecule has 7 heteroatoms. The Hall–Kier alpha value is -3.89. The Labute approximate surface area is 193 Å². The Kier molecular flexibility index (Phi) is 5.45. The van der Waals surface area contributed by atoms with Crippen LogP contribution < -0.4 is 16.0 Å². The molecule has 0 radical (unpaired) electrons. The van der Waals surface area contributed by atoms with Gasteiger partial charge in [0.1, 0.15) is 12.2 Å². The van der Waals surface area contributed by atoms with Gasteiger partial charge in [0.15, 0.2) is 11.3 Å². The monoisotopic (exact) mass is 437 g/mol. The maximum absolute atomic E-state index is 9.52. The maximum atomic E-state index is 9.52. The highest BCUT2D eigenvalue weighted by Crippen LogP contribution is 2.32. The summed E-state index contributed by atoms with van der Waals surface area (Å²) in [6, 6.07) is 14.3. The van der Waals surface area contributed by atoms with Gasteiger partial charge in [-0.15, -0.1) is 0 Å². The van der Waals surface area contributed by atoms with E-state index in [1.165, 1.54) is 6.42 Å². The van der Waals surface area contributed by atoms with E-state index in [1.54, 1.807) is 6.20 Å². The van der Waals surface area contributed by atoms with Crippen molar-refractivity contribution in [3.8, 4) is 6.07 Å². The lowest BCUT2D eigenvalue weighted by Gasteiger charge is -2.29. The minimum absolute atomic E-state index is 0.382. The van der Waals surface area contributed by atoms with Gasteiger partial charge < -0.3 is 16.0 Å². The van der Waals surface area contributed by atoms with Crippen LogP contribution in [0, 0.1) is 18.3 Å². The fraction of sp³-hybridized carbons (Fsp3) is 0.269. The normalized spacial score (nSPS) is 14.9. The minimum atomic E-state index is -0.483. The van der Waals surface area contributed by atoms with E-state index in [1.807, 2.05) is 41.7 Å². The summed E-state index contributed by atoms with van der Waals surface area (Å²) in [5.41, 5.74) is 12.5. The lowest BCUT2D eigenvalue weighted by molar-refractivity contribution is 0.567. The lowest BCUT2D eigenvalue weighted by atomic mass is 10.0. The summed E-state index contributed by atoms with van der Waals surface area (Å²) in [5.74, 6) is 0.815. The second kappa shape index (κ2) is 8.57. The number of nitrogens with zero attached hydrogens (tertiary/aromatic N) is 5. The van der Waals surface area contributed by atoms with E-state index in [9.17, 15) is 5.26 Å². The molecule has 1 aliphatic rings. The number of aromatic nitrogens is 3. The molecule has 7 nitrogen and oxygen atoms in total. The number of hydrogen-bond acceptors (Lipinski definition) is 6. The van der Waals surface area contributed by atoms with Gasteiger partial charge in [0.25, 0.3) is 0 Å². The number of nitriles is 1. The molecule has 33 heavy (non-hydrogen) atoms. The van der Waals surface area contributed by atoms with Crippen molar-refractivity contribution in [1.29, 1.82) is 5.26 Å². The van der Waals surface area contributed by atoms with Crippen molar-refractivity contribution in [2.75, 3.05) is 23.3 Å². The van der Waals surface area contributed by atoms with E-state index in [0.29, 0.717) is 5.69 Å². The van der Waals surface area contributed by atoms with E-state index in [4.69, 9.17) is 10.7 Å². The van der Waals surface area contributed by atoms with Gasteiger partial charge in [-0.05, 0) is 49.4 Å². The summed E-state index contributed by atoms with van der Waals surface area (Å²) in [6.07, 6.45) is 6.59. The minimum Gasteiger partial charge on any atom is -0.366 e. The number of fused-ring (bicyclic) bond motifs is 3. The zero-order chi connectivity index (χ0) is 22.9. The summed E-state index contributed by atoms with van der Waals surface area (Å²) in [5, 5.41) is 13.8. The number of anilines is 2. The third kappa shape index (κ3) is 3.79. The van der Waals surface area contributed by atoms with E-state index in [2.05, 4.69) is 40.0 Å². The molecule has 2 aromatic heterocycles. The van der Waals surface area contributed by atoms with Crippen LogP contribution in [0.1, 0.15) is 47.8 Å². The largest absolute Gasteiger partial charge is 0.366 e. The summed E-state index contributed by atoms with van der Waals surface area (Å²) in [6.45, 7) is 7.82. The van der Waals surface area contributed by atoms with Crippen molar-refractivity contribution < 1.29 is 0 Å². The molecule has 4 aromatic rings. The summed E-state index contributed by atoms with van der Waals surface area (Å²) in [7, 11) is 0. The van der Waals surface area contributed by atoms with Crippen molar-refractivity contribution in [3.63, 3.8) is 0 Å². The number of piperidine rings is 1. The van der Waals surface area contributed by atoms with Crippen molar-refractivity contribution >= 4 is 34.3 Å². The summed E-state index contributed by atoms with van der Waals surface area (Å²) in [4.78, 5) is 12.0. The van der Waals surface area contributed by atoms with Gasteiger partial charge in [-0.1, -0.05) is 36.9 Å². The van der Waals surface area contributed by atoms with Gasteiger partial charge in [-0.2, -0.15) is 5.26 Å². The van der Waals surface area contributed by atoms with Crippen LogP contribution in [0.5, 0.6) is 0 Å². The number of nitrogens with one attached hydrogen (secondary N) is 1. The number of para-hydroxylation sites is 1. The molecule has 2 aromatic carbocycles. The van der Waals surface area contributed by atoms with Crippen LogP contribution in [0.25, 0.3) is 22.6 Å². The molecule has 0 aliphatic carbocycles. The van der Waals surface area contributed by atoms with Crippen molar-refractivity contribution in [2.45, 2.75) is 32.4 Å². The van der Waals surface area contributed by atoms with Crippen LogP contribution in [0.3, 0.4) is 0 Å². The Morgan fingerprint density at radius 3 is 2.73 bits per heavy atom. The molecule has 166 valence electrons. The first-order chi connectivity index (χ1) is 16.1. The fourth-order valence-corrected chi connectivity index (χ4v) is 4.64. The molecule has 3 heterocycles. The molecule has 0 saturated carbocycles. The number of aryl methyl sites for hydroxylation is 1. The molecule has 1 saturated heterocycles. The summed E-state index contributed by atoms with van der Waals surface area (Å²) >= 11 is 0. The van der Waals surface area contributed by atoms with Crippen LogP contribution in [0.15, 0.2) is 49.2 Å². The molecule has 1 unspecified atom stereocenters. The molecule has 1 aliphatic heterocycles. The van der Waals surface area contributed by atoms with Crippen molar-refractivity contribution in [1.82, 2.24) is 14.4 Å². The van der Waals surface area contributed by atoms with Gasteiger partial charge in [0.05, 0.1) is 11.7 Å². The van der Waals surface area contributed by atoms with E-state index in [-0.39, 0.29) is 0 Å². The van der Waals surface area contributed by atoms with E-state index in [0.717, 1.165) is 70.8 Å². The number of nitrogens with two attached hydrogens (primary N) is 1. The third-order valence-electron chi connectivity index (χ3n) is 6.24. The van der Waals surface area contributed by atoms with Gasteiger partial charge in [-0.25, -0.2) is 9.97 Å². The standard InChI is InChI=1S/C26H27N7/c1-3-18-9-5-6-10-22(18)30-24(28)20-13-17(2)14-21-23(20)31-26(32-11-7-4-8-12-32)33-16-19(15-27)29-25(21)33/h3,5-6,9-10,13-14,16,24,30H,1,4,7-8,11-12,28H2,2H3. The van der Waals surface area contributed by atoms with Crippen molar-refractivity contribution in [3.05, 3.63) is 71.6 Å². The molecule has 1 atom stereocenters. The first-order valence-corrected chi connectivity index (χ1v) is 11.3. The molecule has 3 N–H and O–H groups in total. The lowest BCUT2D eigenvalue weighted by Crippen LogP contribution is -2.32. The number of imidazole rings is 1. The van der Waals surface area contributed by atoms with Gasteiger partial charge in [-0.3, -0.25) is 4.40 Å². The molecular formula is C26H27N7. The highest BCUT2D eigenvalue weighted by Gasteiger charge is 2.22. The predicted molar refractivity (Wildman–Crippen MR) is 133 cm³/mol. The third-order valence-corrected chi connectivity index (χ3v) is 6.24. The average Bonchev–Trinajstić information content (AvgIpc) is 3.29. The van der Waals surface area contributed by atoms with Crippen LogP contribution in [-0.4, -0.2) is 27.5 Å². The Morgan fingerprint density at radius 1 is 1.18 bits per heavy atom. The zero-order valence-electron chi connectivity index (χ0n) is 18.8. The SMILES string of the molecule is C=Cc1ccccc1NC(N)c1cc(C)cc2c1nc(N1CCCCC1)n1cc(C#N)nc21. The van der Waals surface area contributed by atoms with Crippen LogP contribution in [0.2, 0.25) is 0 Å². The smallest absolute Gasteiger partial charge is 0.211 e. The second-order valence-electron chi connectivity index (χ2n) is 8.55. The molecule has 5 rings (SSSR count). The number of benzene rings is 2. The average molecular weight is 438 g/mol. The first-order valence-electron chi connectivity index (χ1n) is 11.3. The Balaban J connectivity index is 1.70. The van der Waals surface area contributed by atoms with E-state index >= 15 is 0 Å². The second-order valence-corrected chi connectivity index (χ2v) is 8.55. The Morgan fingerprint density at radius 2 is 1.97 bits per heavy atom. The molecule has 1 fully saturated rings. The topological polar surface area (TPSA) is 95.3 Å². The number of rotatable bonds is 5. The van der Waals surface area contributed by atoms with Crippen LogP contribution >= 0.6 is 0 Å². The molecular weight excluding hydrogens is 410 g/mol. The molecule has 0 amide bonds. The predicted octanol–water partition coefficient (Wildman–Crippen LogP) is 4.77. The Bertz CT molecular complexity index is 1390. The summed E-state index contributed by atoms with van der Waals surface area (Å²) < 4.78 is 1.96.